The summed E-state index contributed by atoms with van der Waals surface area (Å²) < 4.78 is 9.90. The molecule has 0 bridgehead atoms. The van der Waals surface area contributed by atoms with Crippen molar-refractivity contribution < 1.29 is 9.47 Å². The van der Waals surface area contributed by atoms with Crippen molar-refractivity contribution in [3.63, 3.8) is 0 Å². The zero-order valence-corrected chi connectivity index (χ0v) is 4.22. The minimum atomic E-state index is 0.264. The molecule has 0 aromatic rings. The Morgan fingerprint density at radius 2 is 2.57 bits per heavy atom. The molecule has 2 heteroatoms. The molecular formula is C5H9O2. The molecule has 2 nitrogen and oxygen atoms in total. The molecule has 7 heavy (non-hydrogen) atoms. The average Bonchev–Trinajstić information content (AvgIpc) is 2.14. The van der Waals surface area contributed by atoms with E-state index in [2.05, 4.69) is 6.92 Å². The zero-order chi connectivity index (χ0) is 5.11. The van der Waals surface area contributed by atoms with Crippen LogP contribution in [0.4, 0.5) is 0 Å². The van der Waals surface area contributed by atoms with Gasteiger partial charge in [-0.1, -0.05) is 6.92 Å². The van der Waals surface area contributed by atoms with Crippen molar-refractivity contribution >= 4 is 0 Å². The van der Waals surface area contributed by atoms with Crippen LogP contribution in [0, 0.1) is 6.92 Å². The van der Waals surface area contributed by atoms with Gasteiger partial charge in [0.2, 0.25) is 0 Å². The topological polar surface area (TPSA) is 18.5 Å². The van der Waals surface area contributed by atoms with Crippen molar-refractivity contribution in [1.29, 1.82) is 0 Å². The molecule has 1 saturated heterocycles. The first-order valence-corrected chi connectivity index (χ1v) is 2.42. The summed E-state index contributed by atoms with van der Waals surface area (Å²) in [6, 6.07) is 0. The van der Waals surface area contributed by atoms with Crippen molar-refractivity contribution in [3.8, 4) is 0 Å². The Labute approximate surface area is 43.4 Å². The second kappa shape index (κ2) is 2.28. The maximum atomic E-state index is 5.02. The maximum absolute atomic E-state index is 5.02. The minimum absolute atomic E-state index is 0.264. The Morgan fingerprint density at radius 1 is 1.71 bits per heavy atom. The fourth-order valence-corrected chi connectivity index (χ4v) is 0.539. The standard InChI is InChI=1S/C5H9O2/c1-2-5-3-6-4-7-5/h5H,1-4H2. The number of hydrogen-bond acceptors (Lipinski definition) is 2. The summed E-state index contributed by atoms with van der Waals surface area (Å²) in [6.07, 6.45) is 1.08. The summed E-state index contributed by atoms with van der Waals surface area (Å²) >= 11 is 0. The first-order chi connectivity index (χ1) is 3.43. The largest absolute Gasteiger partial charge is 0.353 e. The Bertz CT molecular complexity index is 48.0. The van der Waals surface area contributed by atoms with Crippen LogP contribution in [0.25, 0.3) is 0 Å². The third-order valence-electron chi connectivity index (χ3n) is 1.01. The Hall–Kier alpha value is -0.0800. The quantitative estimate of drug-likeness (QED) is 0.481. The molecule has 41 valence electrons. The van der Waals surface area contributed by atoms with Crippen LogP contribution < -0.4 is 0 Å². The highest BCUT2D eigenvalue weighted by molar-refractivity contribution is 4.59. The van der Waals surface area contributed by atoms with Gasteiger partial charge >= 0.3 is 0 Å². The highest BCUT2D eigenvalue weighted by Gasteiger charge is 2.11. The molecule has 0 amide bonds. The smallest absolute Gasteiger partial charge is 0.147 e. The minimum Gasteiger partial charge on any atom is -0.353 e. The summed E-state index contributed by atoms with van der Waals surface area (Å²) in [7, 11) is 0. The summed E-state index contributed by atoms with van der Waals surface area (Å²) in [5.74, 6) is 0. The molecule has 0 saturated carbocycles. The summed E-state index contributed by atoms with van der Waals surface area (Å²) in [5.41, 5.74) is 0. The van der Waals surface area contributed by atoms with Gasteiger partial charge in [0.25, 0.3) is 0 Å². The van der Waals surface area contributed by atoms with Gasteiger partial charge in [0.15, 0.2) is 0 Å². The van der Waals surface area contributed by atoms with E-state index in [0.717, 1.165) is 13.0 Å². The second-order valence-corrected chi connectivity index (χ2v) is 1.57. The van der Waals surface area contributed by atoms with Crippen molar-refractivity contribution in [3.05, 3.63) is 6.92 Å². The van der Waals surface area contributed by atoms with Crippen molar-refractivity contribution in [1.82, 2.24) is 0 Å². The van der Waals surface area contributed by atoms with Gasteiger partial charge < -0.3 is 9.47 Å². The fraction of sp³-hybridized carbons (Fsp3) is 0.800. The predicted molar refractivity (Wildman–Crippen MR) is 25.7 cm³/mol. The van der Waals surface area contributed by atoms with Crippen molar-refractivity contribution in [2.45, 2.75) is 12.5 Å². The molecular weight excluding hydrogens is 92.1 g/mol. The first-order valence-electron chi connectivity index (χ1n) is 2.42. The molecule has 0 spiro atoms. The molecule has 0 aromatic heterocycles. The number of hydrogen-bond donors (Lipinski definition) is 0. The van der Waals surface area contributed by atoms with Crippen LogP contribution >= 0.6 is 0 Å². The molecule has 0 aliphatic carbocycles. The van der Waals surface area contributed by atoms with Crippen molar-refractivity contribution in [2.75, 3.05) is 13.4 Å². The highest BCUT2D eigenvalue weighted by atomic mass is 16.7. The SMILES string of the molecule is [CH2]CC1COCO1. The molecule has 1 rings (SSSR count). The van der Waals surface area contributed by atoms with E-state index in [9.17, 15) is 0 Å². The molecule has 0 N–H and O–H groups in total. The van der Waals surface area contributed by atoms with Crippen LogP contribution in [0.3, 0.4) is 0 Å². The lowest BCUT2D eigenvalue weighted by Crippen LogP contribution is -2.05. The third kappa shape index (κ3) is 1.14. The normalized spacial score (nSPS) is 31.3. The van der Waals surface area contributed by atoms with Crippen LogP contribution in [-0.2, 0) is 9.47 Å². The van der Waals surface area contributed by atoms with Gasteiger partial charge in [-0.25, -0.2) is 0 Å². The summed E-state index contributed by atoms with van der Waals surface area (Å²) in [5, 5.41) is 0. The lowest BCUT2D eigenvalue weighted by atomic mass is 10.3. The van der Waals surface area contributed by atoms with E-state index in [1.165, 1.54) is 0 Å². The second-order valence-electron chi connectivity index (χ2n) is 1.57. The van der Waals surface area contributed by atoms with Gasteiger partial charge in [0.1, 0.15) is 6.79 Å². The molecule has 0 aromatic carbocycles. The fourth-order valence-electron chi connectivity index (χ4n) is 0.539. The van der Waals surface area contributed by atoms with E-state index in [-0.39, 0.29) is 6.10 Å². The first kappa shape index (κ1) is 5.06. The van der Waals surface area contributed by atoms with E-state index in [0.29, 0.717) is 6.79 Å². The summed E-state index contributed by atoms with van der Waals surface area (Å²) in [6.45, 7) is 4.85. The monoisotopic (exact) mass is 101 g/mol. The van der Waals surface area contributed by atoms with Gasteiger partial charge in [0.05, 0.1) is 12.7 Å². The zero-order valence-electron chi connectivity index (χ0n) is 4.22. The van der Waals surface area contributed by atoms with Crippen LogP contribution in [0.15, 0.2) is 0 Å². The van der Waals surface area contributed by atoms with E-state index >= 15 is 0 Å². The van der Waals surface area contributed by atoms with Crippen molar-refractivity contribution in [2.24, 2.45) is 0 Å². The molecule has 1 atom stereocenters. The predicted octanol–water partition coefficient (Wildman–Crippen LogP) is 0.583. The number of rotatable bonds is 1. The van der Waals surface area contributed by atoms with Gasteiger partial charge in [-0.2, -0.15) is 0 Å². The van der Waals surface area contributed by atoms with Crippen LogP contribution in [0.5, 0.6) is 0 Å². The lowest BCUT2D eigenvalue weighted by molar-refractivity contribution is 0.0475. The number of ether oxygens (including phenoxy) is 2. The van der Waals surface area contributed by atoms with E-state index in [1.807, 2.05) is 0 Å². The van der Waals surface area contributed by atoms with Gasteiger partial charge in [0, 0.05) is 0 Å². The highest BCUT2D eigenvalue weighted by Crippen LogP contribution is 2.04. The van der Waals surface area contributed by atoms with Crippen LogP contribution in [0.1, 0.15) is 6.42 Å². The Morgan fingerprint density at radius 3 is 2.86 bits per heavy atom. The molecule has 1 unspecified atom stereocenters. The van der Waals surface area contributed by atoms with E-state index in [1.54, 1.807) is 0 Å². The van der Waals surface area contributed by atoms with Gasteiger partial charge in [-0.05, 0) is 6.42 Å². The molecule has 1 fully saturated rings. The molecule has 1 heterocycles. The van der Waals surface area contributed by atoms with Crippen LogP contribution in [0.2, 0.25) is 0 Å². The van der Waals surface area contributed by atoms with E-state index in [4.69, 9.17) is 9.47 Å². The van der Waals surface area contributed by atoms with Gasteiger partial charge in [-0.15, -0.1) is 0 Å². The average molecular weight is 101 g/mol. The third-order valence-corrected chi connectivity index (χ3v) is 1.01. The lowest BCUT2D eigenvalue weighted by Gasteiger charge is -1.98. The molecule has 1 aliphatic heterocycles. The molecule has 1 aliphatic rings. The van der Waals surface area contributed by atoms with Gasteiger partial charge in [-0.3, -0.25) is 0 Å². The maximum Gasteiger partial charge on any atom is 0.147 e. The molecule has 1 radical (unpaired) electrons. The Kier molecular flexibility index (Phi) is 1.65. The van der Waals surface area contributed by atoms with E-state index < -0.39 is 0 Å². The summed E-state index contributed by atoms with van der Waals surface area (Å²) in [4.78, 5) is 0. The Balaban J connectivity index is 2.14. The van der Waals surface area contributed by atoms with Crippen LogP contribution in [-0.4, -0.2) is 19.5 Å².